The van der Waals surface area contributed by atoms with E-state index in [4.69, 9.17) is 9.47 Å². The Morgan fingerprint density at radius 2 is 1.97 bits per heavy atom. The van der Waals surface area contributed by atoms with Crippen molar-refractivity contribution in [3.05, 3.63) is 47.5 Å². The maximum absolute atomic E-state index is 12.8. The Morgan fingerprint density at radius 3 is 2.76 bits per heavy atom. The fraction of sp³-hybridized carbons (Fsp3) is 0.429. The minimum atomic E-state index is -0.279. The van der Waals surface area contributed by atoms with Gasteiger partial charge in [-0.15, -0.1) is 5.10 Å². The lowest BCUT2D eigenvalue weighted by atomic mass is 9.78. The highest BCUT2D eigenvalue weighted by molar-refractivity contribution is 5.90. The molecule has 0 saturated heterocycles. The minimum Gasteiger partial charge on any atom is -0.486 e. The Labute approximate surface area is 168 Å². The van der Waals surface area contributed by atoms with Gasteiger partial charge in [-0.2, -0.15) is 4.98 Å². The molecule has 0 bridgehead atoms. The van der Waals surface area contributed by atoms with Crippen molar-refractivity contribution in [1.82, 2.24) is 24.9 Å². The summed E-state index contributed by atoms with van der Waals surface area (Å²) >= 11 is 0. The number of benzene rings is 1. The molecule has 3 aromatic rings. The van der Waals surface area contributed by atoms with Crippen LogP contribution in [0, 0.1) is 6.92 Å². The lowest BCUT2D eigenvalue weighted by Gasteiger charge is -2.31. The fourth-order valence-electron chi connectivity index (χ4n) is 4.32. The van der Waals surface area contributed by atoms with Gasteiger partial charge < -0.3 is 14.8 Å². The van der Waals surface area contributed by atoms with Gasteiger partial charge in [0, 0.05) is 23.9 Å². The number of ether oxygens (including phenoxy) is 2. The van der Waals surface area contributed by atoms with E-state index in [1.165, 1.54) is 5.56 Å². The Morgan fingerprint density at radius 1 is 1.17 bits per heavy atom. The third-order valence-electron chi connectivity index (χ3n) is 5.94. The molecule has 2 aliphatic rings. The van der Waals surface area contributed by atoms with Gasteiger partial charge in [0.15, 0.2) is 11.5 Å². The number of fused-ring (bicyclic) bond motifs is 2. The van der Waals surface area contributed by atoms with Crippen LogP contribution in [-0.4, -0.2) is 45.2 Å². The first kappa shape index (κ1) is 17.9. The number of rotatable bonds is 4. The molecule has 2 aromatic heterocycles. The van der Waals surface area contributed by atoms with Crippen LogP contribution in [0.1, 0.15) is 47.6 Å². The summed E-state index contributed by atoms with van der Waals surface area (Å²) in [5.74, 6) is 1.86. The first-order valence-electron chi connectivity index (χ1n) is 10.0. The molecule has 0 radical (unpaired) electrons. The maximum Gasteiger partial charge on any atom is 0.291 e. The summed E-state index contributed by atoms with van der Waals surface area (Å²) in [7, 11) is 0. The van der Waals surface area contributed by atoms with Crippen LogP contribution < -0.4 is 14.8 Å². The molecular formula is C21H23N5O3. The summed E-state index contributed by atoms with van der Waals surface area (Å²) in [5.41, 5.74) is 1.95. The largest absolute Gasteiger partial charge is 0.486 e. The van der Waals surface area contributed by atoms with Gasteiger partial charge in [-0.3, -0.25) is 4.79 Å². The van der Waals surface area contributed by atoms with E-state index in [1.54, 1.807) is 10.7 Å². The van der Waals surface area contributed by atoms with E-state index in [2.05, 4.69) is 32.5 Å². The molecule has 8 nitrogen and oxygen atoms in total. The first-order chi connectivity index (χ1) is 14.1. The van der Waals surface area contributed by atoms with Crippen molar-refractivity contribution in [2.75, 3.05) is 19.8 Å². The number of carbonyl (C=O) groups is 1. The van der Waals surface area contributed by atoms with Crippen LogP contribution in [0.5, 0.6) is 11.5 Å². The van der Waals surface area contributed by atoms with E-state index >= 15 is 0 Å². The van der Waals surface area contributed by atoms with E-state index < -0.39 is 0 Å². The number of hydrogen-bond acceptors (Lipinski definition) is 6. The molecule has 0 spiro atoms. The third kappa shape index (κ3) is 3.18. The number of nitrogens with one attached hydrogen (secondary N) is 1. The fourth-order valence-corrected chi connectivity index (χ4v) is 4.32. The van der Waals surface area contributed by atoms with Crippen molar-refractivity contribution in [3.63, 3.8) is 0 Å². The monoisotopic (exact) mass is 393 g/mol. The van der Waals surface area contributed by atoms with Crippen LogP contribution in [0.4, 0.5) is 0 Å². The molecular weight excluding hydrogens is 370 g/mol. The van der Waals surface area contributed by atoms with Crippen LogP contribution in [0.15, 0.2) is 30.5 Å². The molecule has 5 rings (SSSR count). The lowest BCUT2D eigenvalue weighted by molar-refractivity contribution is 0.0933. The van der Waals surface area contributed by atoms with E-state index in [-0.39, 0.29) is 17.1 Å². The van der Waals surface area contributed by atoms with E-state index in [0.29, 0.717) is 25.5 Å². The quantitative estimate of drug-likeness (QED) is 0.732. The van der Waals surface area contributed by atoms with Crippen LogP contribution in [-0.2, 0) is 5.41 Å². The third-order valence-corrected chi connectivity index (χ3v) is 5.94. The zero-order chi connectivity index (χ0) is 19.8. The number of aryl methyl sites for hydroxylation is 1. The molecule has 1 aliphatic heterocycles. The average molecular weight is 393 g/mol. The molecule has 3 heterocycles. The van der Waals surface area contributed by atoms with Gasteiger partial charge in [0.1, 0.15) is 13.2 Å². The summed E-state index contributed by atoms with van der Waals surface area (Å²) < 4.78 is 13.0. The second-order valence-corrected chi connectivity index (χ2v) is 7.76. The molecule has 1 amide bonds. The lowest BCUT2D eigenvalue weighted by Crippen LogP contribution is -2.39. The number of aromatic nitrogens is 4. The Kier molecular flexibility index (Phi) is 4.34. The number of nitrogens with zero attached hydrogens (tertiary/aromatic N) is 4. The van der Waals surface area contributed by atoms with Crippen molar-refractivity contribution >= 4 is 11.7 Å². The zero-order valence-electron chi connectivity index (χ0n) is 16.4. The average Bonchev–Trinajstić information content (AvgIpc) is 3.40. The molecule has 1 saturated carbocycles. The van der Waals surface area contributed by atoms with Crippen molar-refractivity contribution in [2.45, 2.75) is 38.0 Å². The van der Waals surface area contributed by atoms with Gasteiger partial charge in [-0.05, 0) is 43.5 Å². The van der Waals surface area contributed by atoms with Gasteiger partial charge >= 0.3 is 0 Å². The molecule has 0 unspecified atom stereocenters. The number of hydrogen-bond donors (Lipinski definition) is 1. The Balaban J connectivity index is 1.38. The van der Waals surface area contributed by atoms with Crippen LogP contribution in [0.2, 0.25) is 0 Å². The normalized spacial score (nSPS) is 17.4. The van der Waals surface area contributed by atoms with Gasteiger partial charge in [0.2, 0.25) is 5.82 Å². The minimum absolute atomic E-state index is 0.112. The molecule has 1 aliphatic carbocycles. The Hall–Kier alpha value is -3.16. The molecule has 150 valence electrons. The molecule has 29 heavy (non-hydrogen) atoms. The van der Waals surface area contributed by atoms with Gasteiger partial charge in [0.05, 0.1) is 0 Å². The van der Waals surface area contributed by atoms with Gasteiger partial charge in [0.25, 0.3) is 11.7 Å². The molecule has 8 heteroatoms. The van der Waals surface area contributed by atoms with E-state index in [1.807, 2.05) is 19.1 Å². The van der Waals surface area contributed by atoms with Crippen molar-refractivity contribution in [3.8, 4) is 11.5 Å². The van der Waals surface area contributed by atoms with Crippen LogP contribution in [0.3, 0.4) is 0 Å². The maximum atomic E-state index is 12.8. The summed E-state index contributed by atoms with van der Waals surface area (Å²) in [6, 6.07) is 7.98. The number of carbonyl (C=O) groups excluding carboxylic acids is 1. The highest BCUT2D eigenvalue weighted by Gasteiger charge is 2.37. The van der Waals surface area contributed by atoms with Crippen LogP contribution >= 0.6 is 0 Å². The van der Waals surface area contributed by atoms with Gasteiger partial charge in [-0.25, -0.2) is 9.50 Å². The summed E-state index contributed by atoms with van der Waals surface area (Å²) in [6.45, 7) is 3.58. The summed E-state index contributed by atoms with van der Waals surface area (Å²) in [4.78, 5) is 21.2. The van der Waals surface area contributed by atoms with Crippen molar-refractivity contribution in [1.29, 1.82) is 0 Å². The topological polar surface area (TPSA) is 90.6 Å². The van der Waals surface area contributed by atoms with E-state index in [0.717, 1.165) is 42.9 Å². The highest BCUT2D eigenvalue weighted by Crippen LogP contribution is 2.43. The van der Waals surface area contributed by atoms with Gasteiger partial charge in [-0.1, -0.05) is 18.9 Å². The first-order valence-corrected chi connectivity index (χ1v) is 10.0. The predicted molar refractivity (Wildman–Crippen MR) is 105 cm³/mol. The molecule has 0 atom stereocenters. The van der Waals surface area contributed by atoms with Crippen molar-refractivity contribution in [2.24, 2.45) is 0 Å². The summed E-state index contributed by atoms with van der Waals surface area (Å²) in [5, 5.41) is 7.37. The van der Waals surface area contributed by atoms with E-state index in [9.17, 15) is 4.79 Å². The number of amides is 1. The second kappa shape index (κ2) is 7.02. The summed E-state index contributed by atoms with van der Waals surface area (Å²) in [6.07, 6.45) is 5.98. The van der Waals surface area contributed by atoms with Crippen LogP contribution in [0.25, 0.3) is 5.78 Å². The molecule has 1 aromatic carbocycles. The smallest absolute Gasteiger partial charge is 0.291 e. The zero-order valence-corrected chi connectivity index (χ0v) is 16.4. The SMILES string of the molecule is Cc1ccnc2nc(C(=O)NCC3(c4ccc5c(c4)OCCO5)CCCC3)nn12. The molecule has 1 N–H and O–H groups in total. The second-order valence-electron chi connectivity index (χ2n) is 7.76. The standard InChI is InChI=1S/C21H23N5O3/c1-14-6-9-22-20-24-18(25-26(14)20)19(27)23-13-21(7-2-3-8-21)15-4-5-16-17(12-15)29-11-10-28-16/h4-6,9,12H,2-3,7-8,10-11,13H2,1H3,(H,23,27). The Bertz CT molecular complexity index is 1070. The highest BCUT2D eigenvalue weighted by atomic mass is 16.6. The molecule has 1 fully saturated rings. The predicted octanol–water partition coefficient (Wildman–Crippen LogP) is 2.45. The van der Waals surface area contributed by atoms with Crippen molar-refractivity contribution < 1.29 is 14.3 Å².